The Morgan fingerprint density at radius 2 is 1.82 bits per heavy atom. The summed E-state index contributed by atoms with van der Waals surface area (Å²) in [5.74, 6) is -0.0315. The number of methoxy groups -OCH3 is 1. The number of ether oxygens (including phenoxy) is 1. The smallest absolute Gasteiger partial charge is 0.274 e. The van der Waals surface area contributed by atoms with Gasteiger partial charge in [-0.25, -0.2) is 0 Å². The van der Waals surface area contributed by atoms with Crippen molar-refractivity contribution in [3.05, 3.63) is 89.2 Å². The lowest BCUT2D eigenvalue weighted by molar-refractivity contribution is 0.0950. The van der Waals surface area contributed by atoms with Crippen molar-refractivity contribution in [2.24, 2.45) is 0 Å². The third-order valence-electron chi connectivity index (χ3n) is 4.12. The summed E-state index contributed by atoms with van der Waals surface area (Å²) in [6, 6.07) is 18.0. The number of pyridine rings is 1. The number of hydrogen-bond acceptors (Lipinski definition) is 4. The molecule has 142 valence electrons. The Morgan fingerprint density at radius 3 is 2.61 bits per heavy atom. The lowest BCUT2D eigenvalue weighted by Crippen LogP contribution is -2.23. The van der Waals surface area contributed by atoms with Crippen molar-refractivity contribution in [2.45, 2.75) is 13.5 Å². The maximum absolute atomic E-state index is 12.5. The molecule has 3 rings (SSSR count). The van der Waals surface area contributed by atoms with Gasteiger partial charge in [-0.05, 0) is 36.8 Å². The first-order valence-electron chi connectivity index (χ1n) is 8.80. The highest BCUT2D eigenvalue weighted by molar-refractivity contribution is 6.04. The number of benzene rings is 2. The second kappa shape index (κ2) is 8.81. The molecule has 0 atom stereocenters. The molecule has 2 aromatic carbocycles. The van der Waals surface area contributed by atoms with Crippen molar-refractivity contribution in [2.75, 3.05) is 12.4 Å². The third kappa shape index (κ3) is 4.94. The van der Waals surface area contributed by atoms with Gasteiger partial charge in [0.25, 0.3) is 11.8 Å². The van der Waals surface area contributed by atoms with E-state index in [0.29, 0.717) is 23.5 Å². The van der Waals surface area contributed by atoms with Gasteiger partial charge in [-0.3, -0.25) is 14.6 Å². The van der Waals surface area contributed by atoms with Crippen molar-refractivity contribution < 1.29 is 14.3 Å². The molecule has 0 bridgehead atoms. The quantitative estimate of drug-likeness (QED) is 0.690. The zero-order valence-corrected chi connectivity index (χ0v) is 15.7. The summed E-state index contributed by atoms with van der Waals surface area (Å²) in [6.45, 7) is 2.41. The maximum Gasteiger partial charge on any atom is 0.274 e. The monoisotopic (exact) mass is 375 g/mol. The molecule has 0 spiro atoms. The molecule has 2 amide bonds. The molecule has 0 aliphatic rings. The van der Waals surface area contributed by atoms with E-state index in [0.717, 1.165) is 11.1 Å². The highest BCUT2D eigenvalue weighted by Gasteiger charge is 2.12. The van der Waals surface area contributed by atoms with Crippen LogP contribution in [0.2, 0.25) is 0 Å². The van der Waals surface area contributed by atoms with E-state index in [2.05, 4.69) is 15.6 Å². The van der Waals surface area contributed by atoms with Crippen LogP contribution in [0.1, 0.15) is 32.0 Å². The summed E-state index contributed by atoms with van der Waals surface area (Å²) < 4.78 is 5.14. The summed E-state index contributed by atoms with van der Waals surface area (Å²) in [5, 5.41) is 5.61. The Kier molecular flexibility index (Phi) is 6.01. The van der Waals surface area contributed by atoms with Crippen molar-refractivity contribution in [1.29, 1.82) is 0 Å². The van der Waals surface area contributed by atoms with Crippen LogP contribution in [0, 0.1) is 6.92 Å². The SMILES string of the molecule is COc1cccc(NC(=O)c2cc(C(=O)NCc3cccc(C)c3)ccn2)c1. The average Bonchev–Trinajstić information content (AvgIpc) is 2.72. The zero-order valence-electron chi connectivity index (χ0n) is 15.7. The predicted octanol–water partition coefficient (Wildman–Crippen LogP) is 3.58. The van der Waals surface area contributed by atoms with Gasteiger partial charge in [0.15, 0.2) is 0 Å². The fourth-order valence-corrected chi connectivity index (χ4v) is 2.70. The van der Waals surface area contributed by atoms with E-state index in [1.165, 1.54) is 12.3 Å². The Morgan fingerprint density at radius 1 is 1.00 bits per heavy atom. The fraction of sp³-hybridized carbons (Fsp3) is 0.136. The van der Waals surface area contributed by atoms with E-state index >= 15 is 0 Å². The second-order valence-corrected chi connectivity index (χ2v) is 6.29. The van der Waals surface area contributed by atoms with Gasteiger partial charge in [0.05, 0.1) is 7.11 Å². The Balaban J connectivity index is 1.66. The molecule has 2 N–H and O–H groups in total. The van der Waals surface area contributed by atoms with E-state index in [4.69, 9.17) is 4.74 Å². The van der Waals surface area contributed by atoms with Gasteiger partial charge in [0, 0.05) is 30.1 Å². The molecule has 6 nitrogen and oxygen atoms in total. The number of nitrogens with zero attached hydrogens (tertiary/aromatic N) is 1. The molecule has 0 unspecified atom stereocenters. The molecule has 0 aliphatic heterocycles. The number of hydrogen-bond donors (Lipinski definition) is 2. The summed E-state index contributed by atoms with van der Waals surface area (Å²) in [4.78, 5) is 29.0. The molecule has 0 aliphatic carbocycles. The molecule has 28 heavy (non-hydrogen) atoms. The molecule has 0 saturated heterocycles. The molecule has 3 aromatic rings. The van der Waals surface area contributed by atoms with Gasteiger partial charge in [-0.15, -0.1) is 0 Å². The first-order valence-corrected chi connectivity index (χ1v) is 8.80. The largest absolute Gasteiger partial charge is 0.497 e. The second-order valence-electron chi connectivity index (χ2n) is 6.29. The average molecular weight is 375 g/mol. The van der Waals surface area contributed by atoms with E-state index in [1.807, 2.05) is 31.2 Å². The number of aryl methyl sites for hydroxylation is 1. The normalized spacial score (nSPS) is 10.2. The third-order valence-corrected chi connectivity index (χ3v) is 4.12. The Labute approximate surface area is 163 Å². The minimum atomic E-state index is -0.401. The van der Waals surface area contributed by atoms with Crippen LogP contribution in [0.25, 0.3) is 0 Å². The number of anilines is 1. The zero-order chi connectivity index (χ0) is 19.9. The van der Waals surface area contributed by atoms with Crippen LogP contribution in [0.5, 0.6) is 5.75 Å². The van der Waals surface area contributed by atoms with E-state index in [9.17, 15) is 9.59 Å². The highest BCUT2D eigenvalue weighted by atomic mass is 16.5. The standard InChI is InChI=1S/C22H21N3O3/c1-15-5-3-6-16(11-15)14-24-21(26)17-9-10-23-20(12-17)22(27)25-18-7-4-8-19(13-18)28-2/h3-13H,14H2,1-2H3,(H,24,26)(H,25,27). The molecular formula is C22H21N3O3. The summed E-state index contributed by atoms with van der Waals surface area (Å²) in [7, 11) is 1.56. The van der Waals surface area contributed by atoms with Crippen LogP contribution in [-0.2, 0) is 6.54 Å². The predicted molar refractivity (Wildman–Crippen MR) is 108 cm³/mol. The summed E-state index contributed by atoms with van der Waals surface area (Å²) in [5.41, 5.74) is 3.26. The Bertz CT molecular complexity index is 1000. The van der Waals surface area contributed by atoms with Crippen LogP contribution in [-0.4, -0.2) is 23.9 Å². The van der Waals surface area contributed by atoms with E-state index < -0.39 is 5.91 Å². The van der Waals surface area contributed by atoms with Gasteiger partial charge in [-0.2, -0.15) is 0 Å². The highest BCUT2D eigenvalue weighted by Crippen LogP contribution is 2.17. The summed E-state index contributed by atoms with van der Waals surface area (Å²) in [6.07, 6.45) is 1.45. The van der Waals surface area contributed by atoms with Crippen molar-refractivity contribution in [3.63, 3.8) is 0 Å². The minimum absolute atomic E-state index is 0.158. The number of nitrogens with one attached hydrogen (secondary N) is 2. The first kappa shape index (κ1) is 19.1. The molecule has 0 fully saturated rings. The number of aromatic nitrogens is 1. The van der Waals surface area contributed by atoms with Gasteiger partial charge in [-0.1, -0.05) is 35.9 Å². The fourth-order valence-electron chi connectivity index (χ4n) is 2.70. The van der Waals surface area contributed by atoms with Crippen molar-refractivity contribution in [3.8, 4) is 5.75 Å². The van der Waals surface area contributed by atoms with Gasteiger partial charge in [0.1, 0.15) is 11.4 Å². The molecule has 6 heteroatoms. The number of carbonyl (C=O) groups is 2. The summed E-state index contributed by atoms with van der Waals surface area (Å²) >= 11 is 0. The Hall–Kier alpha value is -3.67. The van der Waals surface area contributed by atoms with E-state index in [-0.39, 0.29) is 11.6 Å². The first-order chi connectivity index (χ1) is 13.5. The molecule has 1 aromatic heterocycles. The lowest BCUT2D eigenvalue weighted by Gasteiger charge is -2.09. The van der Waals surface area contributed by atoms with Crippen LogP contribution in [0.3, 0.4) is 0 Å². The van der Waals surface area contributed by atoms with Crippen molar-refractivity contribution in [1.82, 2.24) is 10.3 Å². The van der Waals surface area contributed by atoms with Gasteiger partial charge >= 0.3 is 0 Å². The maximum atomic E-state index is 12.5. The number of carbonyl (C=O) groups excluding carboxylic acids is 2. The van der Waals surface area contributed by atoms with Crippen molar-refractivity contribution >= 4 is 17.5 Å². The minimum Gasteiger partial charge on any atom is -0.497 e. The van der Waals surface area contributed by atoms with Crippen LogP contribution in [0.15, 0.2) is 66.9 Å². The van der Waals surface area contributed by atoms with Gasteiger partial charge in [0.2, 0.25) is 0 Å². The molecule has 0 saturated carbocycles. The van der Waals surface area contributed by atoms with E-state index in [1.54, 1.807) is 37.4 Å². The molecule has 0 radical (unpaired) electrons. The van der Waals surface area contributed by atoms with Gasteiger partial charge < -0.3 is 15.4 Å². The number of amides is 2. The molecule has 1 heterocycles. The molecular weight excluding hydrogens is 354 g/mol. The van der Waals surface area contributed by atoms with Crippen LogP contribution < -0.4 is 15.4 Å². The topological polar surface area (TPSA) is 80.3 Å². The number of rotatable bonds is 6. The lowest BCUT2D eigenvalue weighted by atomic mass is 10.1. The van der Waals surface area contributed by atoms with Crippen LogP contribution >= 0.6 is 0 Å². The van der Waals surface area contributed by atoms with Crippen LogP contribution in [0.4, 0.5) is 5.69 Å².